The van der Waals surface area contributed by atoms with Crippen molar-refractivity contribution in [3.8, 4) is 0 Å². The third kappa shape index (κ3) is 7.63. The van der Waals surface area contributed by atoms with E-state index in [1.165, 1.54) is 0 Å². The monoisotopic (exact) mass is 263 g/mol. The van der Waals surface area contributed by atoms with Gasteiger partial charge in [0, 0.05) is 12.6 Å². The van der Waals surface area contributed by atoms with Gasteiger partial charge in [0.25, 0.3) is 0 Å². The lowest BCUT2D eigenvalue weighted by Gasteiger charge is -2.28. The summed E-state index contributed by atoms with van der Waals surface area (Å²) >= 11 is 1.77. The van der Waals surface area contributed by atoms with Crippen molar-refractivity contribution < 1.29 is 15.0 Å². The first-order valence-electron chi connectivity index (χ1n) is 6.12. The molecule has 3 N–H and O–H groups in total. The lowest BCUT2D eigenvalue weighted by molar-refractivity contribution is -0.144. The minimum atomic E-state index is -0.828. The van der Waals surface area contributed by atoms with Crippen LogP contribution in [0.2, 0.25) is 0 Å². The van der Waals surface area contributed by atoms with Crippen LogP contribution in [0.3, 0.4) is 0 Å². The van der Waals surface area contributed by atoms with Gasteiger partial charge in [-0.25, -0.2) is 0 Å². The molecule has 0 aliphatic heterocycles. The summed E-state index contributed by atoms with van der Waals surface area (Å²) in [5.41, 5.74) is -0.828. The molecule has 0 aliphatic carbocycles. The Morgan fingerprint density at radius 3 is 2.41 bits per heavy atom. The Bertz CT molecular complexity index is 224. The van der Waals surface area contributed by atoms with E-state index in [9.17, 15) is 9.90 Å². The van der Waals surface area contributed by atoms with Crippen LogP contribution in [0.4, 0.5) is 0 Å². The van der Waals surface area contributed by atoms with Crippen LogP contribution in [0.25, 0.3) is 0 Å². The van der Waals surface area contributed by atoms with Crippen LogP contribution in [-0.4, -0.2) is 45.9 Å². The smallest absolute Gasteiger partial charge is 0.323 e. The predicted molar refractivity (Wildman–Crippen MR) is 72.6 cm³/mol. The van der Waals surface area contributed by atoms with E-state index >= 15 is 0 Å². The van der Waals surface area contributed by atoms with Gasteiger partial charge in [0.05, 0.1) is 0 Å². The number of thioether (sulfide) groups is 1. The minimum Gasteiger partial charge on any atom is -0.480 e. The molecule has 0 aliphatic rings. The van der Waals surface area contributed by atoms with Gasteiger partial charge in [-0.3, -0.25) is 10.1 Å². The van der Waals surface area contributed by atoms with E-state index in [2.05, 4.69) is 5.32 Å². The normalized spacial score (nSPS) is 14.9. The number of aliphatic hydroxyl groups excluding tert-OH is 1. The number of carboxylic acids is 1. The van der Waals surface area contributed by atoms with Crippen molar-refractivity contribution in [1.29, 1.82) is 0 Å². The second-order valence-electron chi connectivity index (χ2n) is 4.73. The van der Waals surface area contributed by atoms with E-state index in [-0.39, 0.29) is 12.6 Å². The number of carbonyl (C=O) groups is 1. The van der Waals surface area contributed by atoms with Crippen molar-refractivity contribution in [2.24, 2.45) is 0 Å². The Kier molecular flexibility index (Phi) is 8.64. The first-order chi connectivity index (χ1) is 7.92. The molecule has 0 aromatic rings. The molecule has 0 radical (unpaired) electrons. The highest BCUT2D eigenvalue weighted by molar-refractivity contribution is 7.99. The van der Waals surface area contributed by atoms with Gasteiger partial charge in [-0.05, 0) is 51.5 Å². The van der Waals surface area contributed by atoms with Crippen LogP contribution in [0, 0.1) is 0 Å². The number of hydrogen-bond acceptors (Lipinski definition) is 4. The van der Waals surface area contributed by atoms with Crippen LogP contribution < -0.4 is 5.32 Å². The lowest BCUT2D eigenvalue weighted by Crippen LogP contribution is -2.52. The Balaban J connectivity index is 3.89. The number of nitrogens with one attached hydrogen (secondary N) is 1. The van der Waals surface area contributed by atoms with E-state index in [0.717, 1.165) is 24.3 Å². The average molecular weight is 263 g/mol. The first kappa shape index (κ1) is 16.7. The zero-order chi connectivity index (χ0) is 13.3. The summed E-state index contributed by atoms with van der Waals surface area (Å²) in [6.07, 6.45) is 2.32. The van der Waals surface area contributed by atoms with Crippen LogP contribution in [0.1, 0.15) is 40.0 Å². The topological polar surface area (TPSA) is 69.6 Å². The highest BCUT2D eigenvalue weighted by atomic mass is 32.2. The maximum absolute atomic E-state index is 11.2. The zero-order valence-electron chi connectivity index (χ0n) is 11.0. The summed E-state index contributed by atoms with van der Waals surface area (Å²) in [7, 11) is 0. The number of carboxylic acid groups (broad SMARTS) is 1. The van der Waals surface area contributed by atoms with Crippen molar-refractivity contribution in [2.45, 2.75) is 51.6 Å². The standard InChI is InChI=1S/C12H25NO3S/c1-10(2)13-12(3,11(15)16)6-4-8-17-9-5-7-14/h10,13-14H,4-9H2,1-3H3,(H,15,16). The first-order valence-corrected chi connectivity index (χ1v) is 7.27. The third-order valence-corrected chi connectivity index (χ3v) is 3.65. The second kappa shape index (κ2) is 8.78. The molecule has 0 heterocycles. The highest BCUT2D eigenvalue weighted by Crippen LogP contribution is 2.16. The zero-order valence-corrected chi connectivity index (χ0v) is 11.8. The molecule has 4 nitrogen and oxygen atoms in total. The molecule has 0 saturated carbocycles. The number of rotatable bonds is 10. The predicted octanol–water partition coefficient (Wildman–Crippen LogP) is 1.72. The van der Waals surface area contributed by atoms with E-state index < -0.39 is 11.5 Å². The molecule has 0 saturated heterocycles. The van der Waals surface area contributed by atoms with Gasteiger partial charge in [-0.15, -0.1) is 0 Å². The maximum Gasteiger partial charge on any atom is 0.323 e. The van der Waals surface area contributed by atoms with Crippen molar-refractivity contribution in [1.82, 2.24) is 5.32 Å². The molecular weight excluding hydrogens is 238 g/mol. The molecule has 102 valence electrons. The summed E-state index contributed by atoms with van der Waals surface area (Å²) in [5.74, 6) is 1.10. The van der Waals surface area contributed by atoms with Crippen LogP contribution >= 0.6 is 11.8 Å². The van der Waals surface area contributed by atoms with E-state index in [4.69, 9.17) is 5.11 Å². The molecule has 0 amide bonds. The van der Waals surface area contributed by atoms with Gasteiger partial charge < -0.3 is 10.2 Å². The summed E-state index contributed by atoms with van der Waals surface area (Å²) in [4.78, 5) is 11.2. The molecular formula is C12H25NO3S. The molecule has 0 fully saturated rings. The van der Waals surface area contributed by atoms with Crippen LogP contribution in [0.15, 0.2) is 0 Å². The molecule has 1 atom stereocenters. The summed E-state index contributed by atoms with van der Waals surface area (Å²) in [6.45, 7) is 5.89. The van der Waals surface area contributed by atoms with Gasteiger partial charge in [0.15, 0.2) is 0 Å². The van der Waals surface area contributed by atoms with Crippen molar-refractivity contribution >= 4 is 17.7 Å². The average Bonchev–Trinajstić information content (AvgIpc) is 2.22. The van der Waals surface area contributed by atoms with E-state index in [1.54, 1.807) is 18.7 Å². The van der Waals surface area contributed by atoms with Gasteiger partial charge in [0.2, 0.25) is 0 Å². The van der Waals surface area contributed by atoms with E-state index in [1.807, 2.05) is 13.8 Å². The van der Waals surface area contributed by atoms with Gasteiger partial charge in [-0.2, -0.15) is 11.8 Å². The largest absolute Gasteiger partial charge is 0.480 e. The maximum atomic E-state index is 11.2. The minimum absolute atomic E-state index is 0.165. The quantitative estimate of drug-likeness (QED) is 0.524. The third-order valence-electron chi connectivity index (χ3n) is 2.49. The van der Waals surface area contributed by atoms with Gasteiger partial charge in [-0.1, -0.05) is 0 Å². The Labute approximate surface area is 108 Å². The Morgan fingerprint density at radius 1 is 1.35 bits per heavy atom. The van der Waals surface area contributed by atoms with Gasteiger partial charge >= 0.3 is 5.97 Å². The molecule has 0 rings (SSSR count). The summed E-state index contributed by atoms with van der Waals surface area (Å²) in [6, 6.07) is 0.165. The van der Waals surface area contributed by atoms with E-state index in [0.29, 0.717) is 6.42 Å². The lowest BCUT2D eigenvalue weighted by atomic mass is 9.95. The fourth-order valence-electron chi connectivity index (χ4n) is 1.67. The second-order valence-corrected chi connectivity index (χ2v) is 5.95. The molecule has 17 heavy (non-hydrogen) atoms. The molecule has 5 heteroatoms. The van der Waals surface area contributed by atoms with Crippen LogP contribution in [0.5, 0.6) is 0 Å². The number of hydrogen-bond donors (Lipinski definition) is 3. The summed E-state index contributed by atoms with van der Waals surface area (Å²) < 4.78 is 0. The van der Waals surface area contributed by atoms with Crippen molar-refractivity contribution in [2.75, 3.05) is 18.1 Å². The summed E-state index contributed by atoms with van der Waals surface area (Å²) in [5, 5.41) is 21.0. The SMILES string of the molecule is CC(C)NC(C)(CCCSCCCO)C(=O)O. The highest BCUT2D eigenvalue weighted by Gasteiger charge is 2.32. The van der Waals surface area contributed by atoms with Crippen LogP contribution in [-0.2, 0) is 4.79 Å². The molecule has 0 bridgehead atoms. The van der Waals surface area contributed by atoms with Crippen molar-refractivity contribution in [3.05, 3.63) is 0 Å². The number of aliphatic hydroxyl groups is 1. The van der Waals surface area contributed by atoms with Gasteiger partial charge in [0.1, 0.15) is 5.54 Å². The van der Waals surface area contributed by atoms with Crippen molar-refractivity contribution in [3.63, 3.8) is 0 Å². The molecule has 1 unspecified atom stereocenters. The molecule has 0 aromatic carbocycles. The fourth-order valence-corrected chi connectivity index (χ4v) is 2.56. The Hall–Kier alpha value is -0.260. The molecule has 0 aromatic heterocycles. The number of aliphatic carboxylic acids is 1. The fraction of sp³-hybridized carbons (Fsp3) is 0.917. The molecule has 0 spiro atoms. The Morgan fingerprint density at radius 2 is 1.94 bits per heavy atom.